The van der Waals surface area contributed by atoms with Gasteiger partial charge in [-0.1, -0.05) is 18.2 Å². The van der Waals surface area contributed by atoms with Gasteiger partial charge in [-0.3, -0.25) is 9.20 Å². The van der Waals surface area contributed by atoms with Crippen molar-refractivity contribution in [1.29, 1.82) is 0 Å². The van der Waals surface area contributed by atoms with Crippen LogP contribution in [-0.2, 0) is 15.5 Å². The Morgan fingerprint density at radius 1 is 1.43 bits per heavy atom. The molecular weight excluding hydrogens is 310 g/mol. The van der Waals surface area contributed by atoms with E-state index in [9.17, 15) is 4.21 Å². The highest BCUT2D eigenvalue weighted by atomic mass is 32.2. The molecule has 2 rings (SSSR count). The first kappa shape index (κ1) is 17.9. The maximum atomic E-state index is 12.2. The molecule has 1 N–H and O–H groups in total. The van der Waals surface area contributed by atoms with Gasteiger partial charge in [-0.2, -0.15) is 0 Å². The molecule has 0 radical (unpaired) electrons. The number of ether oxygens (including phenoxy) is 1. The fourth-order valence-corrected chi connectivity index (χ4v) is 3.55. The van der Waals surface area contributed by atoms with Crippen molar-refractivity contribution < 1.29 is 8.95 Å². The predicted molar refractivity (Wildman–Crippen MR) is 95.3 cm³/mol. The van der Waals surface area contributed by atoms with Gasteiger partial charge in [0.1, 0.15) is 0 Å². The van der Waals surface area contributed by atoms with E-state index >= 15 is 0 Å². The number of rotatable bonds is 7. The second kappa shape index (κ2) is 9.67. The van der Waals surface area contributed by atoms with E-state index in [1.165, 1.54) is 0 Å². The molecule has 1 saturated heterocycles. The van der Waals surface area contributed by atoms with Crippen LogP contribution >= 0.6 is 0 Å². The summed E-state index contributed by atoms with van der Waals surface area (Å²) in [7, 11) is 1.06. The van der Waals surface area contributed by atoms with E-state index < -0.39 is 10.8 Å². The lowest BCUT2D eigenvalue weighted by Gasteiger charge is -2.24. The number of benzene rings is 1. The first-order chi connectivity index (χ1) is 11.2. The van der Waals surface area contributed by atoms with Crippen molar-refractivity contribution in [2.45, 2.75) is 18.2 Å². The summed E-state index contributed by atoms with van der Waals surface area (Å²) in [5.74, 6) is 1.99. The SMILES string of the molecule is CCNC(=NCCS(=O)c1ccccc1)N(C)CC1CCOC1. The zero-order valence-corrected chi connectivity index (χ0v) is 14.8. The van der Waals surface area contributed by atoms with Crippen molar-refractivity contribution in [3.8, 4) is 0 Å². The highest BCUT2D eigenvalue weighted by Crippen LogP contribution is 2.13. The van der Waals surface area contributed by atoms with Crippen LogP contribution in [0.15, 0.2) is 40.2 Å². The van der Waals surface area contributed by atoms with Crippen LogP contribution in [0.3, 0.4) is 0 Å². The van der Waals surface area contributed by atoms with E-state index in [0.717, 1.165) is 43.6 Å². The number of hydrogen-bond acceptors (Lipinski definition) is 3. The summed E-state index contributed by atoms with van der Waals surface area (Å²) in [6.07, 6.45) is 1.11. The van der Waals surface area contributed by atoms with Crippen molar-refractivity contribution in [1.82, 2.24) is 10.2 Å². The first-order valence-corrected chi connectivity index (χ1v) is 9.53. The monoisotopic (exact) mass is 337 g/mol. The van der Waals surface area contributed by atoms with Crippen molar-refractivity contribution in [2.75, 3.05) is 45.6 Å². The molecule has 1 aromatic rings. The molecule has 6 heteroatoms. The van der Waals surface area contributed by atoms with Crippen LogP contribution in [0.2, 0.25) is 0 Å². The Morgan fingerprint density at radius 2 is 2.22 bits per heavy atom. The van der Waals surface area contributed by atoms with E-state index in [1.807, 2.05) is 37.4 Å². The molecule has 0 saturated carbocycles. The molecule has 5 nitrogen and oxygen atoms in total. The van der Waals surface area contributed by atoms with Gasteiger partial charge in [-0.05, 0) is 25.5 Å². The van der Waals surface area contributed by atoms with Crippen molar-refractivity contribution in [2.24, 2.45) is 10.9 Å². The van der Waals surface area contributed by atoms with Crippen LogP contribution in [0.4, 0.5) is 0 Å². The van der Waals surface area contributed by atoms with E-state index in [2.05, 4.69) is 22.1 Å². The van der Waals surface area contributed by atoms with E-state index in [-0.39, 0.29) is 0 Å². The van der Waals surface area contributed by atoms with Gasteiger partial charge in [0.05, 0.1) is 24.0 Å². The van der Waals surface area contributed by atoms with Crippen molar-refractivity contribution in [3.05, 3.63) is 30.3 Å². The molecule has 23 heavy (non-hydrogen) atoms. The molecule has 2 atom stereocenters. The van der Waals surface area contributed by atoms with Crippen molar-refractivity contribution >= 4 is 16.8 Å². The molecule has 0 bridgehead atoms. The summed E-state index contributed by atoms with van der Waals surface area (Å²) < 4.78 is 17.7. The molecule has 1 heterocycles. The third kappa shape index (κ3) is 5.95. The van der Waals surface area contributed by atoms with Gasteiger partial charge in [-0.25, -0.2) is 0 Å². The molecule has 0 aromatic heterocycles. The average molecular weight is 337 g/mol. The second-order valence-corrected chi connectivity index (χ2v) is 7.28. The standard InChI is InChI=1S/C17H27N3O2S/c1-3-18-17(20(2)13-15-9-11-22-14-15)19-10-12-23(21)16-7-5-4-6-8-16/h4-8,15H,3,9-14H2,1-2H3,(H,18,19). The molecule has 2 unspecified atom stereocenters. The highest BCUT2D eigenvalue weighted by molar-refractivity contribution is 7.85. The normalized spacial score (nSPS) is 19.6. The smallest absolute Gasteiger partial charge is 0.193 e. The maximum Gasteiger partial charge on any atom is 0.193 e. The maximum absolute atomic E-state index is 12.2. The van der Waals surface area contributed by atoms with E-state index in [4.69, 9.17) is 4.74 Å². The van der Waals surface area contributed by atoms with Crippen LogP contribution in [0.5, 0.6) is 0 Å². The van der Waals surface area contributed by atoms with Crippen LogP contribution in [0.25, 0.3) is 0 Å². The van der Waals surface area contributed by atoms with Crippen molar-refractivity contribution in [3.63, 3.8) is 0 Å². The molecule has 1 aliphatic heterocycles. The minimum atomic E-state index is -0.994. The molecular formula is C17H27N3O2S. The van der Waals surface area contributed by atoms with Crippen LogP contribution < -0.4 is 5.32 Å². The fraction of sp³-hybridized carbons (Fsp3) is 0.588. The van der Waals surface area contributed by atoms with Crippen LogP contribution in [0.1, 0.15) is 13.3 Å². The van der Waals surface area contributed by atoms with Gasteiger partial charge in [0.15, 0.2) is 5.96 Å². The molecule has 1 fully saturated rings. The van der Waals surface area contributed by atoms with Crippen LogP contribution in [-0.4, -0.2) is 60.7 Å². The number of aliphatic imine (C=N–C) groups is 1. The average Bonchev–Trinajstić information content (AvgIpc) is 3.07. The van der Waals surface area contributed by atoms with Gasteiger partial charge in [-0.15, -0.1) is 0 Å². The quantitative estimate of drug-likeness (QED) is 0.608. The Balaban J connectivity index is 1.86. The number of hydrogen-bond donors (Lipinski definition) is 1. The van der Waals surface area contributed by atoms with Gasteiger partial charge in [0, 0.05) is 43.3 Å². The summed E-state index contributed by atoms with van der Waals surface area (Å²) in [5, 5.41) is 3.31. The lowest BCUT2D eigenvalue weighted by atomic mass is 10.1. The Kier molecular flexibility index (Phi) is 7.55. The van der Waals surface area contributed by atoms with E-state index in [1.54, 1.807) is 0 Å². The number of nitrogens with zero attached hydrogens (tertiary/aromatic N) is 2. The summed E-state index contributed by atoms with van der Waals surface area (Å²) in [4.78, 5) is 7.63. The zero-order chi connectivity index (χ0) is 16.5. The fourth-order valence-electron chi connectivity index (χ4n) is 2.60. The number of guanidine groups is 1. The minimum absolute atomic E-state index is 0.541. The van der Waals surface area contributed by atoms with Gasteiger partial charge >= 0.3 is 0 Å². The molecule has 1 aliphatic rings. The molecule has 128 valence electrons. The first-order valence-electron chi connectivity index (χ1n) is 8.21. The third-order valence-corrected chi connectivity index (χ3v) is 5.15. The predicted octanol–water partition coefficient (Wildman–Crippen LogP) is 1.73. The van der Waals surface area contributed by atoms with Gasteiger partial charge in [0.25, 0.3) is 0 Å². The molecule has 1 aromatic carbocycles. The van der Waals surface area contributed by atoms with E-state index in [0.29, 0.717) is 18.2 Å². The molecule has 0 spiro atoms. The Morgan fingerprint density at radius 3 is 2.87 bits per heavy atom. The lowest BCUT2D eigenvalue weighted by Crippen LogP contribution is -2.41. The minimum Gasteiger partial charge on any atom is -0.381 e. The zero-order valence-electron chi connectivity index (χ0n) is 14.0. The highest BCUT2D eigenvalue weighted by Gasteiger charge is 2.19. The Labute approximate surface area is 141 Å². The topological polar surface area (TPSA) is 53.9 Å². The largest absolute Gasteiger partial charge is 0.381 e. The third-order valence-electron chi connectivity index (χ3n) is 3.80. The van der Waals surface area contributed by atoms with Crippen LogP contribution in [0, 0.1) is 5.92 Å². The van der Waals surface area contributed by atoms with Gasteiger partial charge < -0.3 is 15.0 Å². The summed E-state index contributed by atoms with van der Waals surface area (Å²) in [5.41, 5.74) is 0. The lowest BCUT2D eigenvalue weighted by molar-refractivity contribution is 0.181. The second-order valence-electron chi connectivity index (χ2n) is 5.71. The molecule has 0 amide bonds. The number of nitrogens with one attached hydrogen (secondary N) is 1. The molecule has 0 aliphatic carbocycles. The Bertz CT molecular complexity index is 516. The Hall–Kier alpha value is -1.40. The summed E-state index contributed by atoms with van der Waals surface area (Å²) >= 11 is 0. The summed E-state index contributed by atoms with van der Waals surface area (Å²) in [6.45, 7) is 6.07. The van der Waals surface area contributed by atoms with Gasteiger partial charge in [0.2, 0.25) is 0 Å². The summed E-state index contributed by atoms with van der Waals surface area (Å²) in [6, 6.07) is 9.56.